The van der Waals surface area contributed by atoms with E-state index in [9.17, 15) is 9.59 Å². The van der Waals surface area contributed by atoms with E-state index in [-0.39, 0.29) is 28.3 Å². The van der Waals surface area contributed by atoms with E-state index in [2.05, 4.69) is 0 Å². The summed E-state index contributed by atoms with van der Waals surface area (Å²) >= 11 is 0. The third-order valence-corrected chi connectivity index (χ3v) is 3.13. The average Bonchev–Trinajstić information content (AvgIpc) is 2.50. The monoisotopic (exact) mass is 295 g/mol. The summed E-state index contributed by atoms with van der Waals surface area (Å²) in [6.07, 6.45) is 2.69. The molecule has 0 spiro atoms. The lowest BCUT2D eigenvalue weighted by molar-refractivity contribution is 0.0703. The number of anilines is 1. The van der Waals surface area contributed by atoms with Crippen LogP contribution < -0.4 is 21.7 Å². The van der Waals surface area contributed by atoms with E-state index in [4.69, 9.17) is 21.4 Å². The Kier molecular flexibility index (Phi) is 6.64. The number of nitrogens with two attached hydrogens (primary N) is 2. The Morgan fingerprint density at radius 2 is 2.00 bits per heavy atom. The van der Waals surface area contributed by atoms with Crippen LogP contribution in [0.25, 0.3) is 0 Å². The molecule has 0 saturated carbocycles. The second kappa shape index (κ2) is 8.23. The molecule has 0 aliphatic heterocycles. The number of unbranched alkanes of at least 4 members (excludes halogenated alkanes) is 2. The fourth-order valence-corrected chi connectivity index (χ4v) is 2.07. The number of nitrogen functional groups attached to an aromatic ring is 1. The summed E-state index contributed by atoms with van der Waals surface area (Å²) in [7, 11) is 1.34. The van der Waals surface area contributed by atoms with Crippen LogP contribution in [-0.4, -0.2) is 30.6 Å². The molecule has 0 saturated heterocycles. The van der Waals surface area contributed by atoms with E-state index in [1.54, 1.807) is 0 Å². The van der Waals surface area contributed by atoms with Gasteiger partial charge in [-0.1, -0.05) is 6.42 Å². The van der Waals surface area contributed by atoms with Crippen molar-refractivity contribution < 1.29 is 19.5 Å². The molecule has 0 aromatic heterocycles. The van der Waals surface area contributed by atoms with Gasteiger partial charge in [-0.3, -0.25) is 14.8 Å². The van der Waals surface area contributed by atoms with Crippen molar-refractivity contribution in [2.24, 2.45) is 5.73 Å². The second-order valence-electron chi connectivity index (χ2n) is 4.57. The van der Waals surface area contributed by atoms with Gasteiger partial charge < -0.3 is 16.2 Å². The third-order valence-electron chi connectivity index (χ3n) is 3.13. The van der Waals surface area contributed by atoms with Crippen molar-refractivity contribution >= 4 is 17.4 Å². The number of ether oxygens (including phenoxy) is 1. The number of carbonyl (C=O) groups excluding carboxylic acids is 2. The van der Waals surface area contributed by atoms with Gasteiger partial charge in [0.25, 0.3) is 5.91 Å². The summed E-state index contributed by atoms with van der Waals surface area (Å²) in [5, 5.41) is 8.72. The van der Waals surface area contributed by atoms with Crippen LogP contribution in [0.1, 0.15) is 46.4 Å². The fourth-order valence-electron chi connectivity index (χ4n) is 2.07. The lowest BCUT2D eigenvalue weighted by Gasteiger charge is -2.14. The number of hydrogen-bond acceptors (Lipinski definition) is 6. The largest absolute Gasteiger partial charge is 0.495 e. The minimum Gasteiger partial charge on any atom is -0.495 e. The molecule has 116 valence electrons. The number of benzene rings is 1. The summed E-state index contributed by atoms with van der Waals surface area (Å²) in [5.41, 5.74) is 13.2. The molecule has 7 nitrogen and oxygen atoms in total. The third kappa shape index (κ3) is 4.17. The number of hydrogen-bond donors (Lipinski definition) is 4. The molecule has 0 atom stereocenters. The van der Waals surface area contributed by atoms with Gasteiger partial charge in [-0.15, -0.1) is 0 Å². The van der Waals surface area contributed by atoms with E-state index in [1.165, 1.54) is 24.7 Å². The lowest BCUT2D eigenvalue weighted by Crippen LogP contribution is -2.21. The van der Waals surface area contributed by atoms with Crippen molar-refractivity contribution in [1.82, 2.24) is 5.48 Å². The van der Waals surface area contributed by atoms with Crippen LogP contribution in [-0.2, 0) is 0 Å². The predicted octanol–water partition coefficient (Wildman–Crippen LogP) is 1.10. The Labute approximate surface area is 123 Å². The molecule has 0 fully saturated rings. The highest BCUT2D eigenvalue weighted by molar-refractivity contribution is 6.08. The second-order valence-corrected chi connectivity index (χ2v) is 4.57. The Bertz CT molecular complexity index is 517. The minimum absolute atomic E-state index is 0.0551. The quantitative estimate of drug-likeness (QED) is 0.187. The van der Waals surface area contributed by atoms with E-state index >= 15 is 0 Å². The van der Waals surface area contributed by atoms with Gasteiger partial charge in [0.2, 0.25) is 0 Å². The molecule has 0 aliphatic carbocycles. The van der Waals surface area contributed by atoms with E-state index in [0.717, 1.165) is 12.8 Å². The molecule has 0 heterocycles. The SMILES string of the molecule is COc1c(C(=O)NO)ccc(N)c1C(=O)CCCCCN. The van der Waals surface area contributed by atoms with Gasteiger partial charge in [-0.2, -0.15) is 0 Å². The van der Waals surface area contributed by atoms with Crippen molar-refractivity contribution in [2.45, 2.75) is 25.7 Å². The number of carbonyl (C=O) groups is 2. The molecule has 7 heteroatoms. The Morgan fingerprint density at radius 3 is 2.57 bits per heavy atom. The minimum atomic E-state index is -0.760. The first kappa shape index (κ1) is 16.9. The Hall–Kier alpha value is -2.12. The van der Waals surface area contributed by atoms with E-state index in [1.807, 2.05) is 0 Å². The van der Waals surface area contributed by atoms with Crippen LogP contribution in [0, 0.1) is 0 Å². The molecule has 1 amide bonds. The maximum Gasteiger partial charge on any atom is 0.278 e. The van der Waals surface area contributed by atoms with Crippen LogP contribution in [0.2, 0.25) is 0 Å². The highest BCUT2D eigenvalue weighted by atomic mass is 16.5. The van der Waals surface area contributed by atoms with Crippen LogP contribution in [0.15, 0.2) is 12.1 Å². The fraction of sp³-hybridized carbons (Fsp3) is 0.429. The van der Waals surface area contributed by atoms with Gasteiger partial charge in [0.1, 0.15) is 5.75 Å². The summed E-state index contributed by atoms with van der Waals surface area (Å²) in [4.78, 5) is 23.9. The van der Waals surface area contributed by atoms with Gasteiger partial charge in [-0.25, -0.2) is 5.48 Å². The smallest absolute Gasteiger partial charge is 0.278 e. The Morgan fingerprint density at radius 1 is 1.29 bits per heavy atom. The molecule has 6 N–H and O–H groups in total. The number of Topliss-reactive ketones (excluding diaryl/α,β-unsaturated/α-hetero) is 1. The molecule has 0 bridgehead atoms. The van der Waals surface area contributed by atoms with Crippen LogP contribution in [0.4, 0.5) is 5.69 Å². The van der Waals surface area contributed by atoms with Gasteiger partial charge in [0, 0.05) is 12.1 Å². The lowest BCUT2D eigenvalue weighted by atomic mass is 9.98. The molecule has 1 aromatic carbocycles. The number of methoxy groups -OCH3 is 1. The molecule has 0 aliphatic rings. The zero-order chi connectivity index (χ0) is 15.8. The summed E-state index contributed by atoms with van der Waals surface area (Å²) in [6, 6.07) is 2.84. The highest BCUT2D eigenvalue weighted by Crippen LogP contribution is 2.30. The topological polar surface area (TPSA) is 128 Å². The summed E-state index contributed by atoms with van der Waals surface area (Å²) in [6.45, 7) is 0.589. The van der Waals surface area contributed by atoms with Crippen molar-refractivity contribution in [3.8, 4) is 5.75 Å². The zero-order valence-corrected chi connectivity index (χ0v) is 12.0. The predicted molar refractivity (Wildman–Crippen MR) is 78.5 cm³/mol. The molecular formula is C14H21N3O4. The number of hydroxylamine groups is 1. The highest BCUT2D eigenvalue weighted by Gasteiger charge is 2.22. The maximum absolute atomic E-state index is 12.3. The van der Waals surface area contributed by atoms with Crippen molar-refractivity contribution in [3.63, 3.8) is 0 Å². The van der Waals surface area contributed by atoms with E-state index in [0.29, 0.717) is 19.4 Å². The van der Waals surface area contributed by atoms with Crippen LogP contribution in [0.5, 0.6) is 5.75 Å². The van der Waals surface area contributed by atoms with Gasteiger partial charge in [0.05, 0.1) is 18.2 Å². The molecule has 0 unspecified atom stereocenters. The van der Waals surface area contributed by atoms with Crippen LogP contribution >= 0.6 is 0 Å². The van der Waals surface area contributed by atoms with Crippen LogP contribution in [0.3, 0.4) is 0 Å². The molecular weight excluding hydrogens is 274 g/mol. The van der Waals surface area contributed by atoms with Gasteiger partial charge in [0.15, 0.2) is 5.78 Å². The maximum atomic E-state index is 12.3. The van der Waals surface area contributed by atoms with Crippen molar-refractivity contribution in [3.05, 3.63) is 23.3 Å². The van der Waals surface area contributed by atoms with Gasteiger partial charge in [-0.05, 0) is 31.5 Å². The number of nitrogens with one attached hydrogen (secondary N) is 1. The summed E-state index contributed by atoms with van der Waals surface area (Å²) in [5.74, 6) is -0.886. The van der Waals surface area contributed by atoms with E-state index < -0.39 is 5.91 Å². The molecule has 21 heavy (non-hydrogen) atoms. The standard InChI is InChI=1S/C14H21N3O4/c1-21-13-9(14(19)17-20)6-7-10(16)12(13)11(18)5-3-2-4-8-15/h6-7,20H,2-5,8,15-16H2,1H3,(H,17,19). The van der Waals surface area contributed by atoms with Gasteiger partial charge >= 0.3 is 0 Å². The van der Waals surface area contributed by atoms with Crippen molar-refractivity contribution in [2.75, 3.05) is 19.4 Å². The zero-order valence-electron chi connectivity index (χ0n) is 12.0. The molecule has 0 radical (unpaired) electrons. The molecule has 1 aromatic rings. The first-order chi connectivity index (χ1) is 10.1. The number of amides is 1. The first-order valence-corrected chi connectivity index (χ1v) is 6.71. The number of rotatable bonds is 8. The normalized spacial score (nSPS) is 10.2. The Balaban J connectivity index is 3.04. The average molecular weight is 295 g/mol. The number of ketones is 1. The molecule has 1 rings (SSSR count). The van der Waals surface area contributed by atoms with Crippen molar-refractivity contribution in [1.29, 1.82) is 0 Å². The first-order valence-electron chi connectivity index (χ1n) is 6.71. The summed E-state index contributed by atoms with van der Waals surface area (Å²) < 4.78 is 5.14.